The van der Waals surface area contributed by atoms with Crippen molar-refractivity contribution >= 4 is 22.7 Å². The van der Waals surface area contributed by atoms with Gasteiger partial charge < -0.3 is 19.2 Å². The third-order valence-electron chi connectivity index (χ3n) is 5.92. The summed E-state index contributed by atoms with van der Waals surface area (Å²) in [5.41, 5.74) is 2.73. The SMILES string of the molecule is COc1cccc2cc(C(=O)C3=C(O)C(=O)N(Cc4ccccn4)C3c3cccc(C)c3)oc12. The molecule has 2 aromatic carbocycles. The van der Waals surface area contributed by atoms with E-state index in [-0.39, 0.29) is 17.9 Å². The van der Waals surface area contributed by atoms with E-state index >= 15 is 0 Å². The summed E-state index contributed by atoms with van der Waals surface area (Å²) in [5.74, 6) is -1.26. The number of Topliss-reactive ketones (excluding diaryl/α,β-unsaturated/α-hetero) is 1. The summed E-state index contributed by atoms with van der Waals surface area (Å²) in [6, 6.07) is 19.1. The first-order valence-corrected chi connectivity index (χ1v) is 10.8. The number of amides is 1. The minimum absolute atomic E-state index is 0.0196. The first kappa shape index (κ1) is 21.5. The molecule has 1 atom stereocenters. The predicted molar refractivity (Wildman–Crippen MR) is 125 cm³/mol. The standard InChI is InChI=1S/C27H22N2O5/c1-16-7-5-8-17(13-16)23-22(25(31)27(32)29(23)15-19-10-3-4-12-28-19)24(30)21-14-18-9-6-11-20(33-2)26(18)34-21/h3-14,23,31H,15H2,1-2H3. The number of furan rings is 1. The average Bonchev–Trinajstić information content (AvgIpc) is 3.39. The molecule has 0 saturated heterocycles. The molecule has 0 fully saturated rings. The number of aryl methyl sites for hydroxylation is 1. The van der Waals surface area contributed by atoms with Gasteiger partial charge in [0.05, 0.1) is 31.0 Å². The van der Waals surface area contributed by atoms with Crippen LogP contribution in [-0.4, -0.2) is 33.8 Å². The highest BCUT2D eigenvalue weighted by Gasteiger charge is 2.44. The Morgan fingerprint density at radius 2 is 1.94 bits per heavy atom. The molecule has 1 amide bonds. The number of nitrogens with zero attached hydrogens (tertiary/aromatic N) is 2. The monoisotopic (exact) mass is 454 g/mol. The summed E-state index contributed by atoms with van der Waals surface area (Å²) in [7, 11) is 1.52. The summed E-state index contributed by atoms with van der Waals surface area (Å²) >= 11 is 0. The summed E-state index contributed by atoms with van der Waals surface area (Å²) in [6.45, 7) is 2.06. The molecule has 2 aromatic heterocycles. The van der Waals surface area contributed by atoms with E-state index in [1.807, 2.05) is 37.3 Å². The highest BCUT2D eigenvalue weighted by Crippen LogP contribution is 2.41. The fourth-order valence-corrected chi connectivity index (χ4v) is 4.34. The Morgan fingerprint density at radius 1 is 1.12 bits per heavy atom. The lowest BCUT2D eigenvalue weighted by Gasteiger charge is -2.26. The van der Waals surface area contributed by atoms with Crippen molar-refractivity contribution in [3.63, 3.8) is 0 Å². The molecule has 7 heteroatoms. The van der Waals surface area contributed by atoms with Crippen molar-refractivity contribution in [2.75, 3.05) is 7.11 Å². The van der Waals surface area contributed by atoms with Crippen LogP contribution in [0.1, 0.15) is 33.4 Å². The second-order valence-corrected chi connectivity index (χ2v) is 8.15. The molecule has 1 aliphatic heterocycles. The molecule has 1 unspecified atom stereocenters. The van der Waals surface area contributed by atoms with Crippen molar-refractivity contribution in [2.45, 2.75) is 19.5 Å². The second-order valence-electron chi connectivity index (χ2n) is 8.15. The normalized spacial score (nSPS) is 15.9. The number of fused-ring (bicyclic) bond motifs is 1. The molecule has 0 radical (unpaired) electrons. The van der Waals surface area contributed by atoms with Gasteiger partial charge in [0.1, 0.15) is 0 Å². The number of hydrogen-bond acceptors (Lipinski definition) is 6. The molecular formula is C27H22N2O5. The quantitative estimate of drug-likeness (QED) is 0.416. The number of pyridine rings is 1. The van der Waals surface area contributed by atoms with Crippen LogP contribution in [-0.2, 0) is 11.3 Å². The highest BCUT2D eigenvalue weighted by molar-refractivity contribution is 6.16. The van der Waals surface area contributed by atoms with Gasteiger partial charge in [0.15, 0.2) is 22.9 Å². The maximum Gasteiger partial charge on any atom is 0.290 e. The second kappa shape index (κ2) is 8.51. The lowest BCUT2D eigenvalue weighted by Crippen LogP contribution is -2.31. The number of aliphatic hydroxyl groups excluding tert-OH is 1. The van der Waals surface area contributed by atoms with Crippen molar-refractivity contribution in [2.24, 2.45) is 0 Å². The van der Waals surface area contributed by atoms with Crippen molar-refractivity contribution in [3.8, 4) is 5.75 Å². The van der Waals surface area contributed by atoms with Gasteiger partial charge in [0.2, 0.25) is 5.78 Å². The van der Waals surface area contributed by atoms with Crippen LogP contribution in [0.5, 0.6) is 5.75 Å². The molecule has 0 saturated carbocycles. The summed E-state index contributed by atoms with van der Waals surface area (Å²) in [6.07, 6.45) is 1.64. The Kier molecular flexibility index (Phi) is 5.37. The van der Waals surface area contributed by atoms with Gasteiger partial charge in [-0.15, -0.1) is 0 Å². The van der Waals surface area contributed by atoms with Gasteiger partial charge in [0.25, 0.3) is 5.91 Å². The van der Waals surface area contributed by atoms with E-state index in [2.05, 4.69) is 4.98 Å². The molecule has 170 valence electrons. The zero-order valence-electron chi connectivity index (χ0n) is 18.7. The Labute approximate surface area is 195 Å². The smallest absolute Gasteiger partial charge is 0.290 e. The van der Waals surface area contributed by atoms with E-state index in [4.69, 9.17) is 9.15 Å². The highest BCUT2D eigenvalue weighted by atomic mass is 16.5. The third-order valence-corrected chi connectivity index (χ3v) is 5.92. The van der Waals surface area contributed by atoms with Gasteiger partial charge in [0, 0.05) is 11.6 Å². The van der Waals surface area contributed by atoms with Gasteiger partial charge in [-0.05, 0) is 36.8 Å². The zero-order valence-corrected chi connectivity index (χ0v) is 18.7. The van der Waals surface area contributed by atoms with Crippen LogP contribution < -0.4 is 4.74 Å². The van der Waals surface area contributed by atoms with E-state index in [0.29, 0.717) is 28.0 Å². The van der Waals surface area contributed by atoms with E-state index in [0.717, 1.165) is 5.56 Å². The van der Waals surface area contributed by atoms with Crippen molar-refractivity contribution in [3.05, 3.63) is 107 Å². The van der Waals surface area contributed by atoms with Gasteiger partial charge in [-0.25, -0.2) is 0 Å². The van der Waals surface area contributed by atoms with Crippen LogP contribution in [0.2, 0.25) is 0 Å². The molecule has 0 spiro atoms. The van der Waals surface area contributed by atoms with Crippen LogP contribution in [0, 0.1) is 6.92 Å². The summed E-state index contributed by atoms with van der Waals surface area (Å²) < 4.78 is 11.2. The number of carbonyl (C=O) groups is 2. The lowest BCUT2D eigenvalue weighted by atomic mass is 9.94. The number of benzene rings is 2. The van der Waals surface area contributed by atoms with E-state index in [9.17, 15) is 14.7 Å². The van der Waals surface area contributed by atoms with Gasteiger partial charge >= 0.3 is 0 Å². The van der Waals surface area contributed by atoms with Crippen molar-refractivity contribution < 1.29 is 23.8 Å². The number of aromatic nitrogens is 1. The molecule has 0 bridgehead atoms. The van der Waals surface area contributed by atoms with Crippen LogP contribution in [0.4, 0.5) is 0 Å². The van der Waals surface area contributed by atoms with Crippen LogP contribution in [0.25, 0.3) is 11.0 Å². The number of hydrogen-bond donors (Lipinski definition) is 1. The van der Waals surface area contributed by atoms with Gasteiger partial charge in [-0.3, -0.25) is 14.6 Å². The number of ketones is 1. The fraction of sp³-hybridized carbons (Fsp3) is 0.148. The largest absolute Gasteiger partial charge is 0.503 e. The Hall–Kier alpha value is -4.39. The lowest BCUT2D eigenvalue weighted by molar-refractivity contribution is -0.130. The molecular weight excluding hydrogens is 432 g/mol. The number of aliphatic hydroxyl groups is 1. The first-order valence-electron chi connectivity index (χ1n) is 10.8. The topological polar surface area (TPSA) is 92.9 Å². The van der Waals surface area contributed by atoms with Gasteiger partial charge in [-0.1, -0.05) is 48.0 Å². The minimum atomic E-state index is -0.794. The number of carbonyl (C=O) groups excluding carboxylic acids is 2. The number of rotatable bonds is 6. The first-order chi connectivity index (χ1) is 16.5. The third kappa shape index (κ3) is 3.61. The Balaban J connectivity index is 1.61. The summed E-state index contributed by atoms with van der Waals surface area (Å²) in [5, 5.41) is 11.6. The number of ether oxygens (including phenoxy) is 1. The fourth-order valence-electron chi connectivity index (χ4n) is 4.34. The van der Waals surface area contributed by atoms with E-state index in [1.54, 1.807) is 42.6 Å². The minimum Gasteiger partial charge on any atom is -0.503 e. The predicted octanol–water partition coefficient (Wildman–Crippen LogP) is 4.92. The van der Waals surface area contributed by atoms with Crippen molar-refractivity contribution in [1.82, 2.24) is 9.88 Å². The Morgan fingerprint density at radius 3 is 2.68 bits per heavy atom. The maximum atomic E-state index is 13.7. The van der Waals surface area contributed by atoms with E-state index in [1.165, 1.54) is 12.0 Å². The number of para-hydroxylation sites is 1. The number of methoxy groups -OCH3 is 1. The van der Waals surface area contributed by atoms with Crippen LogP contribution >= 0.6 is 0 Å². The Bertz CT molecular complexity index is 1440. The molecule has 0 aliphatic carbocycles. The molecule has 7 nitrogen and oxygen atoms in total. The maximum absolute atomic E-state index is 13.7. The van der Waals surface area contributed by atoms with E-state index < -0.39 is 23.5 Å². The van der Waals surface area contributed by atoms with Crippen LogP contribution in [0.15, 0.2) is 88.7 Å². The molecule has 1 N–H and O–H groups in total. The van der Waals surface area contributed by atoms with Gasteiger partial charge in [-0.2, -0.15) is 0 Å². The molecule has 3 heterocycles. The zero-order chi connectivity index (χ0) is 23.8. The molecule has 1 aliphatic rings. The average molecular weight is 454 g/mol. The van der Waals surface area contributed by atoms with Crippen LogP contribution in [0.3, 0.4) is 0 Å². The van der Waals surface area contributed by atoms with Crippen molar-refractivity contribution in [1.29, 1.82) is 0 Å². The summed E-state index contributed by atoms with van der Waals surface area (Å²) in [4.78, 5) is 32.6. The molecule has 4 aromatic rings. The molecule has 5 rings (SSSR count). The molecule has 34 heavy (non-hydrogen) atoms.